The molecule has 6 nitrogen and oxygen atoms in total. The van der Waals surface area contributed by atoms with Crippen LogP contribution in [0.1, 0.15) is 18.4 Å². The quantitative estimate of drug-likeness (QED) is 0.650. The molecular formula is C8H10N2O4S. The Labute approximate surface area is 89.4 Å². The first-order valence-electron chi connectivity index (χ1n) is 4.13. The topological polar surface area (TPSA) is 114 Å². The molecule has 0 fully saturated rings. The number of nitrogens with two attached hydrogens (primary N) is 1. The standard InChI is InChI=1S/C8H10N2O4S/c1-2-8(6(11)12,7(13)14)5-10-4(9)3-15-5/h3H,2,9H2,1H3,(H,11,12)(H,13,14). The van der Waals surface area contributed by atoms with E-state index in [4.69, 9.17) is 15.9 Å². The van der Waals surface area contributed by atoms with E-state index >= 15 is 0 Å². The largest absolute Gasteiger partial charge is 0.480 e. The van der Waals surface area contributed by atoms with Gasteiger partial charge < -0.3 is 15.9 Å². The third kappa shape index (κ3) is 1.65. The van der Waals surface area contributed by atoms with Gasteiger partial charge in [-0.2, -0.15) is 0 Å². The van der Waals surface area contributed by atoms with Crippen molar-refractivity contribution in [3.05, 3.63) is 10.4 Å². The number of rotatable bonds is 4. The van der Waals surface area contributed by atoms with Crippen LogP contribution >= 0.6 is 11.3 Å². The minimum Gasteiger partial charge on any atom is -0.480 e. The smallest absolute Gasteiger partial charge is 0.328 e. The summed E-state index contributed by atoms with van der Waals surface area (Å²) in [4.78, 5) is 25.8. The lowest BCUT2D eigenvalue weighted by molar-refractivity contribution is -0.157. The van der Waals surface area contributed by atoms with Crippen molar-refractivity contribution in [2.45, 2.75) is 18.8 Å². The molecule has 0 aromatic carbocycles. The third-order valence-electron chi connectivity index (χ3n) is 2.15. The van der Waals surface area contributed by atoms with Crippen LogP contribution in [0.15, 0.2) is 5.38 Å². The number of carboxylic acids is 2. The van der Waals surface area contributed by atoms with Crippen LogP contribution in [0.3, 0.4) is 0 Å². The highest BCUT2D eigenvalue weighted by molar-refractivity contribution is 7.10. The van der Waals surface area contributed by atoms with Crippen molar-refractivity contribution in [1.82, 2.24) is 4.98 Å². The molecular weight excluding hydrogens is 220 g/mol. The van der Waals surface area contributed by atoms with E-state index in [1.165, 1.54) is 12.3 Å². The Bertz CT molecular complexity index is 387. The van der Waals surface area contributed by atoms with Gasteiger partial charge in [0, 0.05) is 5.38 Å². The van der Waals surface area contributed by atoms with Crippen LogP contribution in [0.2, 0.25) is 0 Å². The summed E-state index contributed by atoms with van der Waals surface area (Å²) in [7, 11) is 0. The molecule has 82 valence electrons. The van der Waals surface area contributed by atoms with Gasteiger partial charge in [-0.1, -0.05) is 6.92 Å². The number of aromatic nitrogens is 1. The molecule has 1 aromatic heterocycles. The molecule has 0 spiro atoms. The second kappa shape index (κ2) is 3.85. The van der Waals surface area contributed by atoms with Crippen LogP contribution < -0.4 is 5.73 Å². The van der Waals surface area contributed by atoms with E-state index in [0.29, 0.717) is 0 Å². The zero-order valence-electron chi connectivity index (χ0n) is 7.93. The lowest BCUT2D eigenvalue weighted by atomic mass is 9.86. The van der Waals surface area contributed by atoms with Crippen molar-refractivity contribution in [2.24, 2.45) is 0 Å². The van der Waals surface area contributed by atoms with E-state index in [-0.39, 0.29) is 17.2 Å². The molecule has 0 atom stereocenters. The van der Waals surface area contributed by atoms with Crippen molar-refractivity contribution >= 4 is 29.1 Å². The van der Waals surface area contributed by atoms with Crippen molar-refractivity contribution < 1.29 is 19.8 Å². The molecule has 0 aliphatic carbocycles. The fourth-order valence-corrected chi connectivity index (χ4v) is 2.17. The molecule has 1 heterocycles. The van der Waals surface area contributed by atoms with E-state index in [9.17, 15) is 9.59 Å². The number of aliphatic carboxylic acids is 2. The fraction of sp³-hybridized carbons (Fsp3) is 0.375. The first-order valence-corrected chi connectivity index (χ1v) is 5.01. The van der Waals surface area contributed by atoms with Crippen molar-refractivity contribution in [2.75, 3.05) is 5.73 Å². The molecule has 0 bridgehead atoms. The molecule has 4 N–H and O–H groups in total. The molecule has 7 heteroatoms. The number of hydrogen-bond donors (Lipinski definition) is 3. The number of hydrogen-bond acceptors (Lipinski definition) is 5. The van der Waals surface area contributed by atoms with Gasteiger partial charge in [0.1, 0.15) is 10.8 Å². The molecule has 0 radical (unpaired) electrons. The van der Waals surface area contributed by atoms with Gasteiger partial charge in [-0.05, 0) is 6.42 Å². The Morgan fingerprint density at radius 2 is 2.07 bits per heavy atom. The second-order valence-electron chi connectivity index (χ2n) is 2.95. The van der Waals surface area contributed by atoms with Crippen LogP contribution in [0.4, 0.5) is 5.82 Å². The van der Waals surface area contributed by atoms with Crippen LogP contribution in [0.25, 0.3) is 0 Å². The van der Waals surface area contributed by atoms with E-state index in [1.807, 2.05) is 0 Å². The molecule has 0 aliphatic heterocycles. The van der Waals surface area contributed by atoms with E-state index < -0.39 is 17.4 Å². The maximum atomic E-state index is 11.0. The van der Waals surface area contributed by atoms with Gasteiger partial charge in [0.2, 0.25) is 5.41 Å². The normalized spacial score (nSPS) is 11.3. The second-order valence-corrected chi connectivity index (χ2v) is 3.80. The summed E-state index contributed by atoms with van der Waals surface area (Å²) in [6.07, 6.45) is -0.0788. The van der Waals surface area contributed by atoms with E-state index in [1.54, 1.807) is 0 Å². The van der Waals surface area contributed by atoms with Gasteiger partial charge in [0.15, 0.2) is 0 Å². The molecule has 1 aromatic rings. The van der Waals surface area contributed by atoms with Crippen molar-refractivity contribution in [3.63, 3.8) is 0 Å². The zero-order valence-corrected chi connectivity index (χ0v) is 8.74. The van der Waals surface area contributed by atoms with Gasteiger partial charge in [-0.3, -0.25) is 9.59 Å². The minimum absolute atomic E-state index is 0.00231. The lowest BCUT2D eigenvalue weighted by Crippen LogP contribution is -2.43. The van der Waals surface area contributed by atoms with Crippen LogP contribution in [-0.4, -0.2) is 27.1 Å². The van der Waals surface area contributed by atoms with Gasteiger partial charge in [-0.25, -0.2) is 4.98 Å². The van der Waals surface area contributed by atoms with Gasteiger partial charge in [-0.15, -0.1) is 11.3 Å². The summed E-state index contributed by atoms with van der Waals surface area (Å²) in [5.41, 5.74) is 3.36. The zero-order chi connectivity index (χ0) is 11.6. The number of thiazole rings is 1. The van der Waals surface area contributed by atoms with Gasteiger partial charge in [0.25, 0.3) is 0 Å². The first-order chi connectivity index (χ1) is 6.95. The number of nitrogens with zero attached hydrogens (tertiary/aromatic N) is 1. The SMILES string of the molecule is CCC(C(=O)O)(C(=O)O)c1nc(N)cs1. The highest BCUT2D eigenvalue weighted by Gasteiger charge is 2.49. The van der Waals surface area contributed by atoms with Gasteiger partial charge >= 0.3 is 11.9 Å². The number of carbonyl (C=O) groups is 2. The Morgan fingerprint density at radius 3 is 2.33 bits per heavy atom. The highest BCUT2D eigenvalue weighted by Crippen LogP contribution is 2.32. The summed E-state index contributed by atoms with van der Waals surface area (Å²) in [6.45, 7) is 1.49. The summed E-state index contributed by atoms with van der Waals surface area (Å²) in [6, 6.07) is 0. The predicted molar refractivity (Wildman–Crippen MR) is 53.8 cm³/mol. The van der Waals surface area contributed by atoms with Crippen molar-refractivity contribution in [1.29, 1.82) is 0 Å². The molecule has 0 amide bonds. The molecule has 0 unspecified atom stereocenters. The average Bonchev–Trinajstić information content (AvgIpc) is 2.53. The Kier molecular flexibility index (Phi) is 2.94. The number of nitrogen functional groups attached to an aromatic ring is 1. The summed E-state index contributed by atoms with van der Waals surface area (Å²) in [5.74, 6) is -2.71. The van der Waals surface area contributed by atoms with Crippen molar-refractivity contribution in [3.8, 4) is 0 Å². The highest BCUT2D eigenvalue weighted by atomic mass is 32.1. The summed E-state index contributed by atoms with van der Waals surface area (Å²) in [5, 5.41) is 19.4. The predicted octanol–water partition coefficient (Wildman–Crippen LogP) is 0.542. The minimum atomic E-state index is -1.98. The van der Waals surface area contributed by atoms with Gasteiger partial charge in [0.05, 0.1) is 0 Å². The monoisotopic (exact) mass is 230 g/mol. The number of carboxylic acid groups (broad SMARTS) is 2. The molecule has 0 saturated carbocycles. The molecule has 0 aliphatic rings. The van der Waals surface area contributed by atoms with E-state index in [0.717, 1.165) is 11.3 Å². The first kappa shape index (κ1) is 11.4. The lowest BCUT2D eigenvalue weighted by Gasteiger charge is -2.19. The fourth-order valence-electron chi connectivity index (χ4n) is 1.21. The van der Waals surface area contributed by atoms with E-state index in [2.05, 4.69) is 4.98 Å². The summed E-state index contributed by atoms with van der Waals surface area (Å²) < 4.78 is 0. The average molecular weight is 230 g/mol. The molecule has 0 saturated heterocycles. The third-order valence-corrected chi connectivity index (χ3v) is 3.17. The van der Waals surface area contributed by atoms with Crippen LogP contribution in [-0.2, 0) is 15.0 Å². The maximum Gasteiger partial charge on any atom is 0.328 e. The Morgan fingerprint density at radius 1 is 1.53 bits per heavy atom. The Hall–Kier alpha value is -1.63. The maximum absolute atomic E-state index is 11.0. The van der Waals surface area contributed by atoms with Crippen LogP contribution in [0, 0.1) is 0 Å². The molecule has 1 rings (SSSR count). The summed E-state index contributed by atoms with van der Waals surface area (Å²) >= 11 is 0.940. The molecule has 15 heavy (non-hydrogen) atoms. The Balaban J connectivity index is 3.34. The number of anilines is 1. The van der Waals surface area contributed by atoms with Crippen LogP contribution in [0.5, 0.6) is 0 Å².